The van der Waals surface area contributed by atoms with E-state index >= 15 is 0 Å². The van der Waals surface area contributed by atoms with Crippen LogP contribution >= 0.6 is 0 Å². The predicted molar refractivity (Wildman–Crippen MR) is 84.5 cm³/mol. The Morgan fingerprint density at radius 2 is 2.00 bits per heavy atom. The lowest BCUT2D eigenvalue weighted by atomic mass is 10.1. The molecule has 0 fully saturated rings. The SMILES string of the molecule is CCCNc1cc(N(C)C(C)(C)CO)nc(C(C)C)n1. The normalized spacial score (nSPS) is 11.8. The molecule has 20 heavy (non-hydrogen) atoms. The molecule has 1 aromatic rings. The lowest BCUT2D eigenvalue weighted by molar-refractivity contribution is 0.215. The van der Waals surface area contributed by atoms with Crippen LogP contribution in [0.25, 0.3) is 0 Å². The van der Waals surface area contributed by atoms with Gasteiger partial charge in [-0.2, -0.15) is 0 Å². The van der Waals surface area contributed by atoms with Gasteiger partial charge in [-0.05, 0) is 20.3 Å². The summed E-state index contributed by atoms with van der Waals surface area (Å²) in [6.45, 7) is 11.2. The number of hydrogen-bond acceptors (Lipinski definition) is 5. The monoisotopic (exact) mass is 280 g/mol. The van der Waals surface area contributed by atoms with E-state index in [0.717, 1.165) is 30.4 Å². The van der Waals surface area contributed by atoms with Crippen LogP contribution in [0.1, 0.15) is 52.8 Å². The molecule has 0 bridgehead atoms. The van der Waals surface area contributed by atoms with Crippen molar-refractivity contribution >= 4 is 11.6 Å². The highest BCUT2D eigenvalue weighted by Crippen LogP contribution is 2.24. The summed E-state index contributed by atoms with van der Waals surface area (Å²) in [6.07, 6.45) is 1.05. The van der Waals surface area contributed by atoms with E-state index in [1.807, 2.05) is 31.9 Å². The molecule has 114 valence electrons. The van der Waals surface area contributed by atoms with Crippen LogP contribution in [0.3, 0.4) is 0 Å². The van der Waals surface area contributed by atoms with E-state index in [-0.39, 0.29) is 18.1 Å². The second-order valence-corrected chi connectivity index (χ2v) is 6.08. The van der Waals surface area contributed by atoms with E-state index in [4.69, 9.17) is 0 Å². The zero-order valence-corrected chi connectivity index (χ0v) is 13.6. The third kappa shape index (κ3) is 4.07. The highest BCUT2D eigenvalue weighted by molar-refractivity contribution is 5.50. The molecule has 0 saturated heterocycles. The number of hydrogen-bond donors (Lipinski definition) is 2. The molecule has 0 radical (unpaired) electrons. The summed E-state index contributed by atoms with van der Waals surface area (Å²) in [5.74, 6) is 2.77. The fraction of sp³-hybridized carbons (Fsp3) is 0.733. The number of aliphatic hydroxyl groups excluding tert-OH is 1. The average molecular weight is 280 g/mol. The third-order valence-electron chi connectivity index (χ3n) is 3.44. The van der Waals surface area contributed by atoms with E-state index in [0.29, 0.717) is 0 Å². The molecule has 0 aliphatic heterocycles. The number of nitrogens with one attached hydrogen (secondary N) is 1. The van der Waals surface area contributed by atoms with Crippen LogP contribution in [0, 0.1) is 0 Å². The fourth-order valence-corrected chi connectivity index (χ4v) is 1.64. The van der Waals surface area contributed by atoms with E-state index in [1.165, 1.54) is 0 Å². The zero-order chi connectivity index (χ0) is 15.3. The first-order chi connectivity index (χ1) is 9.31. The second-order valence-electron chi connectivity index (χ2n) is 6.08. The van der Waals surface area contributed by atoms with Crippen molar-refractivity contribution in [2.75, 3.05) is 30.4 Å². The van der Waals surface area contributed by atoms with Crippen LogP contribution in [-0.4, -0.2) is 40.8 Å². The Hall–Kier alpha value is -1.36. The molecule has 0 amide bonds. The van der Waals surface area contributed by atoms with E-state index < -0.39 is 0 Å². The summed E-state index contributed by atoms with van der Waals surface area (Å²) in [5, 5.41) is 12.8. The maximum atomic E-state index is 9.51. The molecule has 0 saturated carbocycles. The van der Waals surface area contributed by atoms with Gasteiger partial charge in [-0.1, -0.05) is 20.8 Å². The van der Waals surface area contributed by atoms with Crippen molar-refractivity contribution in [1.29, 1.82) is 0 Å². The summed E-state index contributed by atoms with van der Waals surface area (Å²) in [7, 11) is 1.95. The van der Waals surface area contributed by atoms with E-state index in [2.05, 4.69) is 36.1 Å². The molecule has 5 heteroatoms. The maximum absolute atomic E-state index is 9.51. The molecular formula is C15H28N4O. The lowest BCUT2D eigenvalue weighted by Gasteiger charge is -2.35. The van der Waals surface area contributed by atoms with Crippen LogP contribution in [0.5, 0.6) is 0 Å². The summed E-state index contributed by atoms with van der Waals surface area (Å²) in [4.78, 5) is 11.2. The van der Waals surface area contributed by atoms with Gasteiger partial charge >= 0.3 is 0 Å². The van der Waals surface area contributed by atoms with Crippen molar-refractivity contribution in [2.24, 2.45) is 0 Å². The minimum atomic E-state index is -0.357. The summed E-state index contributed by atoms with van der Waals surface area (Å²) < 4.78 is 0. The quantitative estimate of drug-likeness (QED) is 0.804. The van der Waals surface area contributed by atoms with Crippen LogP contribution in [0.15, 0.2) is 6.07 Å². The summed E-state index contributed by atoms with van der Waals surface area (Å²) in [5.41, 5.74) is -0.357. The highest BCUT2D eigenvalue weighted by Gasteiger charge is 2.24. The standard InChI is InChI=1S/C15H28N4O/c1-7-8-16-12-9-13(18-14(17-12)11(2)3)19(6)15(4,5)10-20/h9,11,20H,7-8,10H2,1-6H3,(H,16,17,18). The Bertz CT molecular complexity index is 432. The van der Waals surface area contributed by atoms with Gasteiger partial charge in [0, 0.05) is 25.6 Å². The topological polar surface area (TPSA) is 61.3 Å². The Labute approximate surface area is 122 Å². The van der Waals surface area contributed by atoms with Gasteiger partial charge in [-0.3, -0.25) is 0 Å². The molecule has 0 aromatic carbocycles. The average Bonchev–Trinajstić information content (AvgIpc) is 2.43. The first kappa shape index (κ1) is 16.7. The molecule has 2 N–H and O–H groups in total. The van der Waals surface area contributed by atoms with Crippen molar-refractivity contribution in [2.45, 2.75) is 52.5 Å². The van der Waals surface area contributed by atoms with E-state index in [1.54, 1.807) is 0 Å². The molecule has 0 aliphatic rings. The van der Waals surface area contributed by atoms with Gasteiger partial charge in [0.2, 0.25) is 0 Å². The lowest BCUT2D eigenvalue weighted by Crippen LogP contribution is -2.45. The predicted octanol–water partition coefficient (Wildman–Crippen LogP) is 2.63. The van der Waals surface area contributed by atoms with Gasteiger partial charge in [0.1, 0.15) is 17.5 Å². The Kier molecular flexibility index (Phi) is 5.74. The molecule has 5 nitrogen and oxygen atoms in total. The molecular weight excluding hydrogens is 252 g/mol. The van der Waals surface area contributed by atoms with Crippen molar-refractivity contribution in [1.82, 2.24) is 9.97 Å². The van der Waals surface area contributed by atoms with Crippen LogP contribution in [0.4, 0.5) is 11.6 Å². The van der Waals surface area contributed by atoms with Gasteiger partial charge in [-0.25, -0.2) is 9.97 Å². The third-order valence-corrected chi connectivity index (χ3v) is 3.44. The summed E-state index contributed by atoms with van der Waals surface area (Å²) >= 11 is 0. The van der Waals surface area contributed by atoms with Crippen LogP contribution < -0.4 is 10.2 Å². The smallest absolute Gasteiger partial charge is 0.135 e. The number of aromatic nitrogens is 2. The van der Waals surface area contributed by atoms with Crippen molar-refractivity contribution < 1.29 is 5.11 Å². The molecule has 1 heterocycles. The molecule has 0 atom stereocenters. The minimum Gasteiger partial charge on any atom is -0.394 e. The van der Waals surface area contributed by atoms with Crippen molar-refractivity contribution in [3.05, 3.63) is 11.9 Å². The van der Waals surface area contributed by atoms with Crippen molar-refractivity contribution in [3.63, 3.8) is 0 Å². The number of likely N-dealkylation sites (N-methyl/N-ethyl adjacent to an activating group) is 1. The summed E-state index contributed by atoms with van der Waals surface area (Å²) in [6, 6.07) is 1.94. The van der Waals surface area contributed by atoms with Gasteiger partial charge in [0.25, 0.3) is 0 Å². The Morgan fingerprint density at radius 1 is 1.35 bits per heavy atom. The number of rotatable bonds is 7. The van der Waals surface area contributed by atoms with Crippen LogP contribution in [0.2, 0.25) is 0 Å². The Morgan fingerprint density at radius 3 is 2.50 bits per heavy atom. The largest absolute Gasteiger partial charge is 0.394 e. The van der Waals surface area contributed by atoms with Gasteiger partial charge in [-0.15, -0.1) is 0 Å². The van der Waals surface area contributed by atoms with Crippen LogP contribution in [-0.2, 0) is 0 Å². The first-order valence-electron chi connectivity index (χ1n) is 7.29. The second kappa shape index (κ2) is 6.88. The molecule has 0 aliphatic carbocycles. The maximum Gasteiger partial charge on any atom is 0.135 e. The number of nitrogens with zero attached hydrogens (tertiary/aromatic N) is 3. The molecule has 1 aromatic heterocycles. The van der Waals surface area contributed by atoms with Gasteiger partial charge in [0.15, 0.2) is 0 Å². The first-order valence-corrected chi connectivity index (χ1v) is 7.29. The molecule has 0 unspecified atom stereocenters. The highest BCUT2D eigenvalue weighted by atomic mass is 16.3. The molecule has 1 rings (SSSR count). The fourth-order valence-electron chi connectivity index (χ4n) is 1.64. The minimum absolute atomic E-state index is 0.0717. The van der Waals surface area contributed by atoms with Gasteiger partial charge in [0.05, 0.1) is 12.1 Å². The number of aliphatic hydroxyl groups is 1. The van der Waals surface area contributed by atoms with Crippen molar-refractivity contribution in [3.8, 4) is 0 Å². The van der Waals surface area contributed by atoms with Gasteiger partial charge < -0.3 is 15.3 Å². The Balaban J connectivity index is 3.14. The zero-order valence-electron chi connectivity index (χ0n) is 13.6. The molecule has 0 spiro atoms. The number of anilines is 2. The van der Waals surface area contributed by atoms with E-state index in [9.17, 15) is 5.11 Å².